The smallest absolute Gasteiger partial charge is 0.330 e. The van der Waals surface area contributed by atoms with Gasteiger partial charge in [-0.2, -0.15) is 0 Å². The first-order valence-electron chi connectivity index (χ1n) is 8.67. The molecule has 128 valence electrons. The van der Waals surface area contributed by atoms with Gasteiger partial charge < -0.3 is 9.88 Å². The highest BCUT2D eigenvalue weighted by atomic mass is 16.2. The molecular formula is C16H28N5O2+. The Balaban J connectivity index is 2.58. The van der Waals surface area contributed by atoms with Crippen molar-refractivity contribution in [3.8, 4) is 0 Å². The topological polar surface area (TPSA) is 89.3 Å². The summed E-state index contributed by atoms with van der Waals surface area (Å²) in [4.78, 5) is 31.6. The Morgan fingerprint density at radius 1 is 1.04 bits per heavy atom. The Morgan fingerprint density at radius 2 is 1.83 bits per heavy atom. The molecule has 2 rings (SSSR count). The van der Waals surface area contributed by atoms with E-state index in [0.29, 0.717) is 17.7 Å². The molecular weight excluding hydrogens is 294 g/mol. The summed E-state index contributed by atoms with van der Waals surface area (Å²) in [5, 5.41) is 2.19. The van der Waals surface area contributed by atoms with Crippen molar-refractivity contribution in [1.82, 2.24) is 19.1 Å². The average molecular weight is 322 g/mol. The minimum Gasteiger partial charge on any atom is -0.340 e. The van der Waals surface area contributed by atoms with E-state index in [4.69, 9.17) is 0 Å². The molecule has 2 aromatic heterocycles. The molecule has 0 saturated heterocycles. The van der Waals surface area contributed by atoms with E-state index in [1.165, 1.54) is 0 Å². The molecule has 0 amide bonds. The maximum Gasteiger partial charge on any atom is 0.330 e. The summed E-state index contributed by atoms with van der Waals surface area (Å²) in [6.45, 7) is 9.36. The summed E-state index contributed by atoms with van der Waals surface area (Å²) in [7, 11) is 0. The van der Waals surface area contributed by atoms with Gasteiger partial charge in [0.2, 0.25) is 0 Å². The van der Waals surface area contributed by atoms with E-state index >= 15 is 0 Å². The molecule has 7 nitrogen and oxygen atoms in total. The predicted molar refractivity (Wildman–Crippen MR) is 90.6 cm³/mol. The highest BCUT2D eigenvalue weighted by molar-refractivity contribution is 5.70. The zero-order valence-electron chi connectivity index (χ0n) is 14.4. The van der Waals surface area contributed by atoms with E-state index in [0.717, 1.165) is 51.1 Å². The van der Waals surface area contributed by atoms with Crippen molar-refractivity contribution in [3.63, 3.8) is 0 Å². The number of aromatic nitrogens is 4. The van der Waals surface area contributed by atoms with E-state index in [2.05, 4.69) is 36.1 Å². The summed E-state index contributed by atoms with van der Waals surface area (Å²) in [5.74, 6) is 0.872. The maximum atomic E-state index is 12.3. The van der Waals surface area contributed by atoms with Crippen molar-refractivity contribution in [2.24, 2.45) is 0 Å². The second kappa shape index (κ2) is 8.10. The van der Waals surface area contributed by atoms with Crippen LogP contribution in [0.3, 0.4) is 0 Å². The molecule has 0 spiro atoms. The van der Waals surface area contributed by atoms with Crippen molar-refractivity contribution >= 4 is 11.2 Å². The molecule has 3 N–H and O–H groups in total. The number of quaternary nitrogens is 1. The molecule has 0 fully saturated rings. The standard InChI is InChI=1S/C16H27N5O2/c1-4-7-10-21-14-13(15(22)19-16(21)23)20(9-6-3)12(18-14)11-17-8-5-2/h17H,4-11H2,1-3H3,(H,19,22,23)/p+1. The van der Waals surface area contributed by atoms with Gasteiger partial charge in [-0.05, 0) is 19.3 Å². The summed E-state index contributed by atoms with van der Waals surface area (Å²) >= 11 is 0. The number of nitrogens with two attached hydrogens (primary N) is 1. The molecule has 0 aliphatic rings. The lowest BCUT2D eigenvalue weighted by Crippen LogP contribution is -2.82. The number of hydrogen-bond acceptors (Lipinski definition) is 3. The highest BCUT2D eigenvalue weighted by Crippen LogP contribution is 2.12. The van der Waals surface area contributed by atoms with Crippen LogP contribution in [0.5, 0.6) is 0 Å². The number of aryl methyl sites for hydroxylation is 2. The molecule has 0 bridgehead atoms. The van der Waals surface area contributed by atoms with Gasteiger partial charge in [0.15, 0.2) is 17.0 Å². The van der Waals surface area contributed by atoms with Crippen molar-refractivity contribution in [2.45, 2.75) is 66.1 Å². The molecule has 2 aromatic rings. The quantitative estimate of drug-likeness (QED) is 0.661. The minimum absolute atomic E-state index is 0.333. The second-order valence-corrected chi connectivity index (χ2v) is 5.90. The van der Waals surface area contributed by atoms with Crippen LogP contribution in [-0.4, -0.2) is 25.6 Å². The van der Waals surface area contributed by atoms with Crippen molar-refractivity contribution in [1.29, 1.82) is 0 Å². The second-order valence-electron chi connectivity index (χ2n) is 5.90. The lowest BCUT2D eigenvalue weighted by molar-refractivity contribution is -0.671. The van der Waals surface area contributed by atoms with Gasteiger partial charge in [0.1, 0.15) is 6.54 Å². The van der Waals surface area contributed by atoms with Crippen LogP contribution in [0.1, 0.15) is 52.3 Å². The third kappa shape index (κ3) is 3.72. The first-order chi connectivity index (χ1) is 11.1. The fraction of sp³-hybridized carbons (Fsp3) is 0.688. The zero-order valence-corrected chi connectivity index (χ0v) is 14.4. The predicted octanol–water partition coefficient (Wildman–Crippen LogP) is 0.570. The average Bonchev–Trinajstić information content (AvgIpc) is 2.87. The van der Waals surface area contributed by atoms with Crippen molar-refractivity contribution < 1.29 is 5.32 Å². The van der Waals surface area contributed by atoms with Crippen LogP contribution >= 0.6 is 0 Å². The van der Waals surface area contributed by atoms with Crippen molar-refractivity contribution in [3.05, 3.63) is 26.7 Å². The zero-order chi connectivity index (χ0) is 16.8. The first-order valence-corrected chi connectivity index (χ1v) is 8.67. The van der Waals surface area contributed by atoms with Gasteiger partial charge in [-0.15, -0.1) is 0 Å². The van der Waals surface area contributed by atoms with E-state index in [1.807, 2.05) is 4.57 Å². The Kier molecular flexibility index (Phi) is 6.15. The lowest BCUT2D eigenvalue weighted by Gasteiger charge is -2.07. The molecule has 7 heteroatoms. The van der Waals surface area contributed by atoms with E-state index in [1.54, 1.807) is 4.57 Å². The van der Waals surface area contributed by atoms with Gasteiger partial charge in [0.05, 0.1) is 6.54 Å². The van der Waals surface area contributed by atoms with Gasteiger partial charge >= 0.3 is 5.69 Å². The number of unbranched alkanes of at least 4 members (excludes halogenated alkanes) is 1. The van der Waals surface area contributed by atoms with Crippen LogP contribution < -0.4 is 16.6 Å². The maximum absolute atomic E-state index is 12.3. The van der Waals surface area contributed by atoms with Crippen LogP contribution in [-0.2, 0) is 19.6 Å². The number of fused-ring (bicyclic) bond motifs is 1. The molecule has 0 saturated carbocycles. The Labute approximate surface area is 135 Å². The van der Waals surface area contributed by atoms with Gasteiger partial charge in [-0.3, -0.25) is 14.3 Å². The molecule has 0 atom stereocenters. The number of H-pyrrole nitrogens is 1. The number of hydrogen-bond donors (Lipinski definition) is 2. The first kappa shape index (κ1) is 17.5. The van der Waals surface area contributed by atoms with Crippen LogP contribution in [0.2, 0.25) is 0 Å². The van der Waals surface area contributed by atoms with E-state index in [9.17, 15) is 9.59 Å². The molecule has 0 aliphatic heterocycles. The minimum atomic E-state index is -0.360. The summed E-state index contributed by atoms with van der Waals surface area (Å²) in [5.41, 5.74) is 0.365. The summed E-state index contributed by atoms with van der Waals surface area (Å²) in [6.07, 6.45) is 3.88. The van der Waals surface area contributed by atoms with Crippen LogP contribution in [0.15, 0.2) is 9.59 Å². The lowest BCUT2D eigenvalue weighted by atomic mass is 10.3. The van der Waals surface area contributed by atoms with Gasteiger partial charge in [0, 0.05) is 13.1 Å². The molecule has 0 aliphatic carbocycles. The highest BCUT2D eigenvalue weighted by Gasteiger charge is 2.18. The van der Waals surface area contributed by atoms with Gasteiger partial charge in [-0.1, -0.05) is 27.2 Å². The fourth-order valence-corrected chi connectivity index (χ4v) is 2.80. The van der Waals surface area contributed by atoms with Crippen molar-refractivity contribution in [2.75, 3.05) is 6.54 Å². The third-order valence-electron chi connectivity index (χ3n) is 3.97. The molecule has 23 heavy (non-hydrogen) atoms. The molecule has 0 unspecified atom stereocenters. The van der Waals surface area contributed by atoms with E-state index < -0.39 is 0 Å². The Hall–Kier alpha value is -1.89. The fourth-order valence-electron chi connectivity index (χ4n) is 2.80. The van der Waals surface area contributed by atoms with Crippen LogP contribution in [0.25, 0.3) is 11.2 Å². The third-order valence-corrected chi connectivity index (χ3v) is 3.97. The largest absolute Gasteiger partial charge is 0.340 e. The monoisotopic (exact) mass is 322 g/mol. The van der Waals surface area contributed by atoms with E-state index in [-0.39, 0.29) is 11.2 Å². The SMILES string of the molecule is CCCCn1c(=O)[nH]c(=O)c2c1nc(C[NH2+]CCC)n2CCC. The Bertz CT molecular complexity index is 756. The van der Waals surface area contributed by atoms with Gasteiger partial charge in [-0.25, -0.2) is 9.78 Å². The van der Waals surface area contributed by atoms with Crippen LogP contribution in [0.4, 0.5) is 0 Å². The number of nitrogens with one attached hydrogen (secondary N) is 1. The Morgan fingerprint density at radius 3 is 2.48 bits per heavy atom. The number of rotatable bonds is 9. The normalized spacial score (nSPS) is 11.4. The number of imidazole rings is 1. The summed E-state index contributed by atoms with van der Waals surface area (Å²) < 4.78 is 3.58. The van der Waals surface area contributed by atoms with Gasteiger partial charge in [0.25, 0.3) is 5.56 Å². The number of aromatic amines is 1. The van der Waals surface area contributed by atoms with Crippen LogP contribution in [0, 0.1) is 0 Å². The summed E-state index contributed by atoms with van der Waals surface area (Å²) in [6, 6.07) is 0. The molecule has 2 heterocycles. The molecule has 0 aromatic carbocycles. The number of nitrogens with zero attached hydrogens (tertiary/aromatic N) is 3. The molecule has 0 radical (unpaired) electrons.